The van der Waals surface area contributed by atoms with E-state index in [0.717, 1.165) is 45.7 Å². The zero-order valence-electron chi connectivity index (χ0n) is 17.3. The number of carbonyl (C=O) groups is 1. The Balaban J connectivity index is 1.27. The van der Waals surface area contributed by atoms with Gasteiger partial charge >= 0.3 is 0 Å². The molecule has 154 valence electrons. The van der Waals surface area contributed by atoms with Gasteiger partial charge in [-0.25, -0.2) is 9.67 Å². The summed E-state index contributed by atoms with van der Waals surface area (Å²) >= 11 is 1.49. The molecular formula is C23H24N4O2S. The summed E-state index contributed by atoms with van der Waals surface area (Å²) < 4.78 is 7.53. The molecule has 0 spiro atoms. The summed E-state index contributed by atoms with van der Waals surface area (Å²) in [5.41, 5.74) is 5.09. The Kier molecular flexibility index (Phi) is 5.81. The van der Waals surface area contributed by atoms with Crippen LogP contribution in [0.25, 0.3) is 16.5 Å². The lowest BCUT2D eigenvalue weighted by Crippen LogP contribution is -2.27. The molecule has 6 nitrogen and oxygen atoms in total. The smallest absolute Gasteiger partial charge is 0.226 e. The number of aromatic nitrogens is 3. The van der Waals surface area contributed by atoms with Crippen LogP contribution in [0.2, 0.25) is 0 Å². The topological polar surface area (TPSA) is 73.0 Å². The van der Waals surface area contributed by atoms with Crippen LogP contribution < -0.4 is 5.32 Å². The summed E-state index contributed by atoms with van der Waals surface area (Å²) in [6.07, 6.45) is 1.05. The van der Waals surface area contributed by atoms with Crippen LogP contribution in [0.4, 0.5) is 0 Å². The molecule has 0 aliphatic heterocycles. The number of aryl methyl sites for hydroxylation is 3. The van der Waals surface area contributed by atoms with Crippen molar-refractivity contribution in [3.05, 3.63) is 76.3 Å². The second kappa shape index (κ2) is 8.67. The van der Waals surface area contributed by atoms with Crippen LogP contribution in [0.15, 0.2) is 52.3 Å². The molecule has 0 saturated carbocycles. The Hall–Kier alpha value is -3.19. The minimum Gasteiger partial charge on any atom is -0.459 e. The van der Waals surface area contributed by atoms with Crippen molar-refractivity contribution in [3.8, 4) is 16.5 Å². The molecule has 1 amide bonds. The molecule has 0 radical (unpaired) electrons. The molecule has 3 aromatic heterocycles. The maximum absolute atomic E-state index is 12.2. The van der Waals surface area contributed by atoms with Crippen LogP contribution in [0.1, 0.15) is 28.4 Å². The van der Waals surface area contributed by atoms with Gasteiger partial charge in [-0.05, 0) is 63.1 Å². The SMILES string of the molecule is Cc1cc(C)n(-c2ccc(CCNC(=O)Cc3csc(-c4ccc(C)o4)n3)cc2)n1. The van der Waals surface area contributed by atoms with E-state index in [1.165, 1.54) is 16.9 Å². The fraction of sp³-hybridized carbons (Fsp3) is 0.261. The summed E-state index contributed by atoms with van der Waals surface area (Å²) in [7, 11) is 0. The van der Waals surface area contributed by atoms with Gasteiger partial charge in [0.2, 0.25) is 5.91 Å². The van der Waals surface area contributed by atoms with Gasteiger partial charge in [0.25, 0.3) is 0 Å². The van der Waals surface area contributed by atoms with Gasteiger partial charge in [0.1, 0.15) is 5.76 Å². The summed E-state index contributed by atoms with van der Waals surface area (Å²) in [5.74, 6) is 1.57. The van der Waals surface area contributed by atoms with E-state index in [-0.39, 0.29) is 12.3 Å². The van der Waals surface area contributed by atoms with Gasteiger partial charge in [-0.15, -0.1) is 11.3 Å². The summed E-state index contributed by atoms with van der Waals surface area (Å²) in [6.45, 7) is 6.53. The molecule has 30 heavy (non-hydrogen) atoms. The third-order valence-electron chi connectivity index (χ3n) is 4.77. The van der Waals surface area contributed by atoms with Gasteiger partial charge in [0, 0.05) is 17.6 Å². The first-order chi connectivity index (χ1) is 14.5. The van der Waals surface area contributed by atoms with Gasteiger partial charge in [-0.2, -0.15) is 5.10 Å². The molecule has 0 atom stereocenters. The minimum absolute atomic E-state index is 0.0262. The third-order valence-corrected chi connectivity index (χ3v) is 5.68. The average Bonchev–Trinajstić information content (AvgIpc) is 3.43. The first-order valence-electron chi connectivity index (χ1n) is 9.88. The van der Waals surface area contributed by atoms with Gasteiger partial charge in [0.05, 0.1) is 23.5 Å². The average molecular weight is 421 g/mol. The fourth-order valence-electron chi connectivity index (χ4n) is 3.32. The van der Waals surface area contributed by atoms with Crippen molar-refractivity contribution in [2.24, 2.45) is 0 Å². The number of benzene rings is 1. The van der Waals surface area contributed by atoms with E-state index in [1.54, 1.807) is 0 Å². The Morgan fingerprint density at radius 3 is 2.60 bits per heavy atom. The quantitative estimate of drug-likeness (QED) is 0.480. The number of hydrogen-bond acceptors (Lipinski definition) is 5. The molecule has 0 fully saturated rings. The molecule has 1 aromatic carbocycles. The Bertz CT molecular complexity index is 1150. The van der Waals surface area contributed by atoms with Crippen LogP contribution in [-0.2, 0) is 17.6 Å². The number of amides is 1. The normalized spacial score (nSPS) is 11.0. The molecule has 4 rings (SSSR count). The van der Waals surface area contributed by atoms with Crippen molar-refractivity contribution in [3.63, 3.8) is 0 Å². The van der Waals surface area contributed by atoms with E-state index in [4.69, 9.17) is 4.42 Å². The third kappa shape index (κ3) is 4.68. The van der Waals surface area contributed by atoms with Crippen LogP contribution in [-0.4, -0.2) is 27.2 Å². The maximum Gasteiger partial charge on any atom is 0.226 e. The molecule has 1 N–H and O–H groups in total. The number of thiazole rings is 1. The van der Waals surface area contributed by atoms with Gasteiger partial charge < -0.3 is 9.73 Å². The predicted octanol–water partition coefficient (Wildman–Crippen LogP) is 4.42. The number of furan rings is 1. The highest BCUT2D eigenvalue weighted by molar-refractivity contribution is 7.13. The summed E-state index contributed by atoms with van der Waals surface area (Å²) in [5, 5.41) is 10.2. The molecule has 0 unspecified atom stereocenters. The molecular weight excluding hydrogens is 396 g/mol. The Morgan fingerprint density at radius 2 is 1.93 bits per heavy atom. The first kappa shape index (κ1) is 20.1. The van der Waals surface area contributed by atoms with Crippen molar-refractivity contribution >= 4 is 17.2 Å². The first-order valence-corrected chi connectivity index (χ1v) is 10.8. The number of nitrogens with one attached hydrogen (secondary N) is 1. The zero-order chi connectivity index (χ0) is 21.1. The van der Waals surface area contributed by atoms with Gasteiger partial charge in [-0.3, -0.25) is 4.79 Å². The number of hydrogen-bond donors (Lipinski definition) is 1. The highest BCUT2D eigenvalue weighted by atomic mass is 32.1. The highest BCUT2D eigenvalue weighted by Crippen LogP contribution is 2.25. The van der Waals surface area contributed by atoms with Crippen molar-refractivity contribution in [2.75, 3.05) is 6.54 Å². The van der Waals surface area contributed by atoms with Crippen LogP contribution in [0.5, 0.6) is 0 Å². The van der Waals surface area contributed by atoms with Crippen molar-refractivity contribution in [2.45, 2.75) is 33.6 Å². The van der Waals surface area contributed by atoms with Gasteiger partial charge in [0.15, 0.2) is 10.8 Å². The van der Waals surface area contributed by atoms with E-state index in [9.17, 15) is 4.79 Å². The van der Waals surface area contributed by atoms with Gasteiger partial charge in [-0.1, -0.05) is 12.1 Å². The number of rotatable bonds is 7. The van der Waals surface area contributed by atoms with E-state index in [1.807, 2.05) is 43.0 Å². The van der Waals surface area contributed by atoms with Crippen LogP contribution in [0, 0.1) is 20.8 Å². The molecule has 3 heterocycles. The van der Waals surface area contributed by atoms with Crippen molar-refractivity contribution in [1.82, 2.24) is 20.1 Å². The molecule has 4 aromatic rings. The van der Waals surface area contributed by atoms with Crippen molar-refractivity contribution < 1.29 is 9.21 Å². The van der Waals surface area contributed by atoms with Crippen LogP contribution in [0.3, 0.4) is 0 Å². The summed E-state index contributed by atoms with van der Waals surface area (Å²) in [4.78, 5) is 16.8. The Morgan fingerprint density at radius 1 is 1.13 bits per heavy atom. The molecule has 0 aliphatic carbocycles. The largest absolute Gasteiger partial charge is 0.459 e. The highest BCUT2D eigenvalue weighted by Gasteiger charge is 2.11. The van der Waals surface area contributed by atoms with Crippen LogP contribution >= 0.6 is 11.3 Å². The monoisotopic (exact) mass is 420 g/mol. The summed E-state index contributed by atoms with van der Waals surface area (Å²) in [6, 6.07) is 14.1. The lowest BCUT2D eigenvalue weighted by molar-refractivity contribution is -0.120. The van der Waals surface area contributed by atoms with Crippen molar-refractivity contribution in [1.29, 1.82) is 0 Å². The lowest BCUT2D eigenvalue weighted by Gasteiger charge is -2.07. The second-order valence-electron chi connectivity index (χ2n) is 7.34. The standard InChI is InChI=1S/C23H24N4O2S/c1-15-12-16(2)27(26-15)20-7-5-18(6-8-20)10-11-24-22(28)13-19-14-30-23(25-19)21-9-4-17(3)29-21/h4-9,12,14H,10-11,13H2,1-3H3,(H,24,28). The van der Waals surface area contributed by atoms with E-state index < -0.39 is 0 Å². The molecule has 0 saturated heterocycles. The zero-order valence-corrected chi connectivity index (χ0v) is 18.1. The minimum atomic E-state index is -0.0262. The molecule has 0 bridgehead atoms. The van der Waals surface area contributed by atoms with E-state index in [0.29, 0.717) is 6.54 Å². The fourth-order valence-corrected chi connectivity index (χ4v) is 4.10. The van der Waals surface area contributed by atoms with E-state index in [2.05, 4.69) is 45.7 Å². The predicted molar refractivity (Wildman–Crippen MR) is 118 cm³/mol. The number of carbonyl (C=O) groups excluding carboxylic acids is 1. The molecule has 0 aliphatic rings. The second-order valence-corrected chi connectivity index (χ2v) is 8.19. The Labute approximate surface area is 179 Å². The molecule has 7 heteroatoms. The lowest BCUT2D eigenvalue weighted by atomic mass is 10.1. The maximum atomic E-state index is 12.2. The number of nitrogens with zero attached hydrogens (tertiary/aromatic N) is 3. The van der Waals surface area contributed by atoms with E-state index >= 15 is 0 Å².